The Kier molecular flexibility index (Phi) is 6.05. The third kappa shape index (κ3) is 3.61. The molecule has 1 fully saturated rings. The van der Waals surface area contributed by atoms with E-state index in [9.17, 15) is 0 Å². The van der Waals surface area contributed by atoms with Crippen LogP contribution in [0.5, 0.6) is 0 Å². The Balaban J connectivity index is 2.00. The Morgan fingerprint density at radius 2 is 2.05 bits per heavy atom. The summed E-state index contributed by atoms with van der Waals surface area (Å²) >= 11 is 0. The van der Waals surface area contributed by atoms with Crippen molar-refractivity contribution in [3.8, 4) is 0 Å². The zero-order valence-corrected chi connectivity index (χ0v) is 13.0. The van der Waals surface area contributed by atoms with Crippen molar-refractivity contribution in [1.82, 2.24) is 15.2 Å². The molecule has 0 bridgehead atoms. The summed E-state index contributed by atoms with van der Waals surface area (Å²) in [6.07, 6.45) is 11.0. The van der Waals surface area contributed by atoms with Crippen LogP contribution in [0.3, 0.4) is 0 Å². The number of hydrogen-bond donors (Lipinski definition) is 2. The molecule has 20 heavy (non-hydrogen) atoms. The molecule has 0 amide bonds. The van der Waals surface area contributed by atoms with Crippen LogP contribution in [-0.2, 0) is 6.54 Å². The summed E-state index contributed by atoms with van der Waals surface area (Å²) < 4.78 is 2.11. The van der Waals surface area contributed by atoms with E-state index in [1.54, 1.807) is 0 Å². The molecule has 4 heteroatoms. The first-order valence-electron chi connectivity index (χ1n) is 8.27. The summed E-state index contributed by atoms with van der Waals surface area (Å²) in [4.78, 5) is 0. The highest BCUT2D eigenvalue weighted by Crippen LogP contribution is 2.38. The average Bonchev–Trinajstić information content (AvgIpc) is 2.91. The second-order valence-corrected chi connectivity index (χ2v) is 6.19. The van der Waals surface area contributed by atoms with E-state index in [-0.39, 0.29) is 6.04 Å². The van der Waals surface area contributed by atoms with Gasteiger partial charge in [0, 0.05) is 12.7 Å². The first-order valence-corrected chi connectivity index (χ1v) is 8.27. The largest absolute Gasteiger partial charge is 0.271 e. The SMILES string of the molecule is CCCC1CCC(C(NN)c2ccnn2CCC)CC1. The molecular formula is C16H30N4. The third-order valence-corrected chi connectivity index (χ3v) is 4.74. The van der Waals surface area contributed by atoms with Crippen molar-refractivity contribution in [2.24, 2.45) is 17.7 Å². The van der Waals surface area contributed by atoms with Crippen LogP contribution in [0.15, 0.2) is 12.3 Å². The van der Waals surface area contributed by atoms with Gasteiger partial charge in [0.2, 0.25) is 0 Å². The number of hydrogen-bond acceptors (Lipinski definition) is 3. The molecule has 0 radical (unpaired) electrons. The minimum Gasteiger partial charge on any atom is -0.271 e. The van der Waals surface area contributed by atoms with Crippen molar-refractivity contribution in [1.29, 1.82) is 0 Å². The quantitative estimate of drug-likeness (QED) is 0.593. The molecule has 0 saturated heterocycles. The fraction of sp³-hybridized carbons (Fsp3) is 0.812. The van der Waals surface area contributed by atoms with E-state index >= 15 is 0 Å². The highest BCUT2D eigenvalue weighted by molar-refractivity contribution is 5.09. The number of aromatic nitrogens is 2. The molecular weight excluding hydrogens is 248 g/mol. The van der Waals surface area contributed by atoms with E-state index in [4.69, 9.17) is 5.84 Å². The molecule has 0 aromatic carbocycles. The fourth-order valence-electron chi connectivity index (χ4n) is 3.69. The molecule has 1 unspecified atom stereocenters. The fourth-order valence-corrected chi connectivity index (χ4v) is 3.69. The summed E-state index contributed by atoms with van der Waals surface area (Å²) in [5.74, 6) is 7.46. The predicted octanol–water partition coefficient (Wildman–Crippen LogP) is 3.40. The Hall–Kier alpha value is -0.870. The minimum absolute atomic E-state index is 0.256. The molecule has 1 aliphatic rings. The zero-order chi connectivity index (χ0) is 14.4. The molecule has 1 saturated carbocycles. The second-order valence-electron chi connectivity index (χ2n) is 6.19. The molecule has 114 valence electrons. The van der Waals surface area contributed by atoms with Gasteiger partial charge in [0.05, 0.1) is 11.7 Å². The summed E-state index contributed by atoms with van der Waals surface area (Å²) in [7, 11) is 0. The summed E-state index contributed by atoms with van der Waals surface area (Å²) in [6.45, 7) is 5.46. The number of nitrogens with one attached hydrogen (secondary N) is 1. The lowest BCUT2D eigenvalue weighted by atomic mass is 9.76. The van der Waals surface area contributed by atoms with Crippen molar-refractivity contribution in [2.75, 3.05) is 0 Å². The Labute approximate surface area is 123 Å². The topological polar surface area (TPSA) is 55.9 Å². The molecule has 4 nitrogen and oxygen atoms in total. The second kappa shape index (κ2) is 7.79. The van der Waals surface area contributed by atoms with Crippen LogP contribution in [0.25, 0.3) is 0 Å². The van der Waals surface area contributed by atoms with Gasteiger partial charge in [0.1, 0.15) is 0 Å². The van der Waals surface area contributed by atoms with E-state index in [0.717, 1.165) is 18.9 Å². The van der Waals surface area contributed by atoms with E-state index in [1.807, 2.05) is 6.20 Å². The maximum Gasteiger partial charge on any atom is 0.0657 e. The summed E-state index contributed by atoms with van der Waals surface area (Å²) in [5.41, 5.74) is 4.32. The average molecular weight is 278 g/mol. The lowest BCUT2D eigenvalue weighted by Gasteiger charge is -2.33. The summed E-state index contributed by atoms with van der Waals surface area (Å²) in [6, 6.07) is 2.38. The van der Waals surface area contributed by atoms with Crippen LogP contribution in [0.2, 0.25) is 0 Å². The minimum atomic E-state index is 0.256. The van der Waals surface area contributed by atoms with Crippen molar-refractivity contribution in [3.05, 3.63) is 18.0 Å². The standard InChI is InChI=1S/C16H30N4/c1-3-5-13-6-8-14(9-7-13)16(19-17)15-10-11-18-20(15)12-4-2/h10-11,13-14,16,19H,3-9,12,17H2,1-2H3. The van der Waals surface area contributed by atoms with E-state index < -0.39 is 0 Å². The maximum absolute atomic E-state index is 5.86. The Morgan fingerprint density at radius 1 is 1.30 bits per heavy atom. The van der Waals surface area contributed by atoms with Gasteiger partial charge in [-0.25, -0.2) is 0 Å². The predicted molar refractivity (Wildman–Crippen MR) is 82.9 cm³/mol. The van der Waals surface area contributed by atoms with Gasteiger partial charge in [-0.1, -0.05) is 39.5 Å². The molecule has 0 aliphatic heterocycles. The molecule has 1 aromatic heterocycles. The van der Waals surface area contributed by atoms with Crippen molar-refractivity contribution in [2.45, 2.75) is 71.4 Å². The van der Waals surface area contributed by atoms with Gasteiger partial charge in [-0.05, 0) is 37.2 Å². The highest BCUT2D eigenvalue weighted by atomic mass is 15.3. The number of rotatable bonds is 7. The van der Waals surface area contributed by atoms with Crippen LogP contribution < -0.4 is 11.3 Å². The molecule has 1 aromatic rings. The van der Waals surface area contributed by atoms with Gasteiger partial charge in [-0.3, -0.25) is 16.0 Å². The first-order chi connectivity index (χ1) is 9.80. The number of hydrazine groups is 1. The first kappa shape index (κ1) is 15.5. The van der Waals surface area contributed by atoms with Crippen molar-refractivity contribution < 1.29 is 0 Å². The van der Waals surface area contributed by atoms with Gasteiger partial charge in [0.15, 0.2) is 0 Å². The molecule has 1 aliphatic carbocycles. The van der Waals surface area contributed by atoms with E-state index in [1.165, 1.54) is 44.2 Å². The van der Waals surface area contributed by atoms with Crippen LogP contribution in [0.1, 0.15) is 70.5 Å². The number of aryl methyl sites for hydroxylation is 1. The Morgan fingerprint density at radius 3 is 2.65 bits per heavy atom. The lowest BCUT2D eigenvalue weighted by Crippen LogP contribution is -2.36. The Bertz CT molecular complexity index is 380. The van der Waals surface area contributed by atoms with Crippen LogP contribution in [0.4, 0.5) is 0 Å². The highest BCUT2D eigenvalue weighted by Gasteiger charge is 2.29. The zero-order valence-electron chi connectivity index (χ0n) is 13.0. The van der Waals surface area contributed by atoms with Gasteiger partial charge in [0.25, 0.3) is 0 Å². The molecule has 2 rings (SSSR count). The van der Waals surface area contributed by atoms with E-state index in [0.29, 0.717) is 5.92 Å². The van der Waals surface area contributed by atoms with Gasteiger partial charge in [-0.15, -0.1) is 0 Å². The third-order valence-electron chi connectivity index (χ3n) is 4.74. The lowest BCUT2D eigenvalue weighted by molar-refractivity contribution is 0.209. The van der Waals surface area contributed by atoms with E-state index in [2.05, 4.69) is 35.1 Å². The molecule has 0 spiro atoms. The summed E-state index contributed by atoms with van der Waals surface area (Å²) in [5, 5.41) is 4.44. The van der Waals surface area contributed by atoms with Crippen LogP contribution >= 0.6 is 0 Å². The monoisotopic (exact) mass is 278 g/mol. The van der Waals surface area contributed by atoms with Crippen LogP contribution in [0, 0.1) is 11.8 Å². The van der Waals surface area contributed by atoms with Gasteiger partial charge in [-0.2, -0.15) is 5.10 Å². The number of nitrogens with zero attached hydrogens (tertiary/aromatic N) is 2. The normalized spacial score (nSPS) is 24.8. The molecule has 1 atom stereocenters. The molecule has 3 N–H and O–H groups in total. The van der Waals surface area contributed by atoms with Crippen molar-refractivity contribution >= 4 is 0 Å². The maximum atomic E-state index is 5.86. The van der Waals surface area contributed by atoms with Gasteiger partial charge < -0.3 is 0 Å². The molecule has 1 heterocycles. The smallest absolute Gasteiger partial charge is 0.0657 e. The number of nitrogens with two attached hydrogens (primary N) is 1. The van der Waals surface area contributed by atoms with Gasteiger partial charge >= 0.3 is 0 Å². The van der Waals surface area contributed by atoms with Crippen molar-refractivity contribution in [3.63, 3.8) is 0 Å². The van der Waals surface area contributed by atoms with Crippen LogP contribution in [-0.4, -0.2) is 9.78 Å².